The number of esters is 1. The minimum atomic E-state index is -0.641. The Kier molecular flexibility index (Phi) is 2.74. The molecule has 21 heavy (non-hydrogen) atoms. The van der Waals surface area contributed by atoms with Crippen molar-refractivity contribution in [3.05, 3.63) is 34.5 Å². The molecule has 0 saturated carbocycles. The van der Waals surface area contributed by atoms with Crippen molar-refractivity contribution >= 4 is 23.2 Å². The first-order valence-electron chi connectivity index (χ1n) is 6.91. The van der Waals surface area contributed by atoms with Crippen LogP contribution >= 0.6 is 11.3 Å². The summed E-state index contributed by atoms with van der Waals surface area (Å²) in [7, 11) is 1.35. The summed E-state index contributed by atoms with van der Waals surface area (Å²) in [6.07, 6.45) is 3.52. The number of carbonyl (C=O) groups is 2. The van der Waals surface area contributed by atoms with Crippen LogP contribution in [0.25, 0.3) is 0 Å². The molecule has 3 aliphatic rings. The number of fused-ring (bicyclic) bond motifs is 1. The molecule has 0 aliphatic carbocycles. The summed E-state index contributed by atoms with van der Waals surface area (Å²) >= 11 is 1.62. The van der Waals surface area contributed by atoms with Crippen molar-refractivity contribution < 1.29 is 19.1 Å². The molecular weight excluding hydrogens is 290 g/mol. The second-order valence-corrected chi connectivity index (χ2v) is 6.73. The molecular formula is C15H15NO4S. The Hall–Kier alpha value is -1.66. The lowest BCUT2D eigenvalue weighted by molar-refractivity contribution is -0.151. The minimum absolute atomic E-state index is 0.00866. The SMILES string of the molecule is COC(=O)[C@H]1[C@H]2C=C[C@@]3(CN(Cc4cccs4)C(=O)[C@@H]13)O2. The van der Waals surface area contributed by atoms with Crippen LogP contribution in [0, 0.1) is 11.8 Å². The van der Waals surface area contributed by atoms with E-state index in [1.165, 1.54) is 7.11 Å². The van der Waals surface area contributed by atoms with E-state index in [2.05, 4.69) is 0 Å². The van der Waals surface area contributed by atoms with E-state index in [0.717, 1.165) is 4.88 Å². The maximum absolute atomic E-state index is 12.7. The van der Waals surface area contributed by atoms with Gasteiger partial charge in [-0.2, -0.15) is 0 Å². The Morgan fingerprint density at radius 3 is 3.19 bits per heavy atom. The Labute approximate surface area is 126 Å². The summed E-state index contributed by atoms with van der Waals surface area (Å²) in [5.74, 6) is -1.33. The van der Waals surface area contributed by atoms with Crippen LogP contribution in [0.4, 0.5) is 0 Å². The fraction of sp³-hybridized carbons (Fsp3) is 0.467. The molecule has 4 heterocycles. The first-order valence-corrected chi connectivity index (χ1v) is 7.79. The summed E-state index contributed by atoms with van der Waals surface area (Å²) in [5, 5.41) is 1.99. The van der Waals surface area contributed by atoms with Crippen molar-refractivity contribution in [1.82, 2.24) is 4.90 Å². The molecule has 2 bridgehead atoms. The maximum atomic E-state index is 12.7. The molecule has 5 nitrogen and oxygen atoms in total. The van der Waals surface area contributed by atoms with Gasteiger partial charge in [-0.3, -0.25) is 9.59 Å². The maximum Gasteiger partial charge on any atom is 0.312 e. The van der Waals surface area contributed by atoms with Gasteiger partial charge in [0.15, 0.2) is 0 Å². The van der Waals surface area contributed by atoms with E-state index in [4.69, 9.17) is 9.47 Å². The van der Waals surface area contributed by atoms with Crippen LogP contribution in [0.3, 0.4) is 0 Å². The van der Waals surface area contributed by atoms with Crippen LogP contribution in [0.15, 0.2) is 29.7 Å². The van der Waals surface area contributed by atoms with Gasteiger partial charge in [0.25, 0.3) is 0 Å². The topological polar surface area (TPSA) is 55.8 Å². The molecule has 1 aromatic heterocycles. The van der Waals surface area contributed by atoms with Crippen molar-refractivity contribution in [2.45, 2.75) is 18.2 Å². The number of hydrogen-bond donors (Lipinski definition) is 0. The number of rotatable bonds is 3. The number of ether oxygens (including phenoxy) is 2. The van der Waals surface area contributed by atoms with E-state index >= 15 is 0 Å². The first-order chi connectivity index (χ1) is 10.1. The monoisotopic (exact) mass is 305 g/mol. The van der Waals surface area contributed by atoms with Gasteiger partial charge < -0.3 is 14.4 Å². The molecule has 4 rings (SSSR count). The van der Waals surface area contributed by atoms with Crippen LogP contribution in [-0.4, -0.2) is 42.1 Å². The summed E-state index contributed by atoms with van der Waals surface area (Å²) in [6, 6.07) is 3.98. The lowest BCUT2D eigenvalue weighted by Crippen LogP contribution is -2.39. The molecule has 0 N–H and O–H groups in total. The minimum Gasteiger partial charge on any atom is -0.469 e. The predicted octanol–water partition coefficient (Wildman–Crippen LogP) is 1.20. The number of thiophene rings is 1. The molecule has 110 valence electrons. The van der Waals surface area contributed by atoms with Crippen LogP contribution < -0.4 is 0 Å². The van der Waals surface area contributed by atoms with E-state index in [1.54, 1.807) is 16.2 Å². The Balaban J connectivity index is 1.64. The third kappa shape index (κ3) is 1.72. The molecule has 4 atom stereocenters. The van der Waals surface area contributed by atoms with Gasteiger partial charge in [0.05, 0.1) is 32.2 Å². The zero-order chi connectivity index (χ0) is 14.6. The van der Waals surface area contributed by atoms with Gasteiger partial charge in [-0.1, -0.05) is 18.2 Å². The molecule has 0 aromatic carbocycles. The summed E-state index contributed by atoms with van der Waals surface area (Å²) < 4.78 is 10.8. The average Bonchev–Trinajstić information content (AvgIpc) is 3.22. The Morgan fingerprint density at radius 2 is 2.48 bits per heavy atom. The van der Waals surface area contributed by atoms with Gasteiger partial charge >= 0.3 is 5.97 Å². The van der Waals surface area contributed by atoms with Gasteiger partial charge in [-0.05, 0) is 11.4 Å². The highest BCUT2D eigenvalue weighted by Crippen LogP contribution is 2.52. The third-order valence-electron chi connectivity index (χ3n) is 4.58. The van der Waals surface area contributed by atoms with E-state index in [0.29, 0.717) is 13.1 Å². The van der Waals surface area contributed by atoms with Crippen molar-refractivity contribution in [1.29, 1.82) is 0 Å². The van der Waals surface area contributed by atoms with Crippen molar-refractivity contribution in [3.8, 4) is 0 Å². The number of likely N-dealkylation sites (tertiary alicyclic amines) is 1. The quantitative estimate of drug-likeness (QED) is 0.622. The second-order valence-electron chi connectivity index (χ2n) is 5.70. The van der Waals surface area contributed by atoms with Crippen molar-refractivity contribution in [2.24, 2.45) is 11.8 Å². The summed E-state index contributed by atoms with van der Waals surface area (Å²) in [6.45, 7) is 1.08. The van der Waals surface area contributed by atoms with Crippen molar-refractivity contribution in [2.75, 3.05) is 13.7 Å². The van der Waals surface area contributed by atoms with Gasteiger partial charge in [0, 0.05) is 4.88 Å². The van der Waals surface area contributed by atoms with E-state index in [1.807, 2.05) is 29.7 Å². The second kappa shape index (κ2) is 4.42. The molecule has 0 unspecified atom stereocenters. The number of nitrogens with zero attached hydrogens (tertiary/aromatic N) is 1. The number of methoxy groups -OCH3 is 1. The Bertz CT molecular complexity index is 626. The smallest absolute Gasteiger partial charge is 0.312 e. The van der Waals surface area contributed by atoms with E-state index in [-0.39, 0.29) is 18.0 Å². The van der Waals surface area contributed by atoms with Crippen LogP contribution in [-0.2, 0) is 25.6 Å². The van der Waals surface area contributed by atoms with Crippen LogP contribution in [0.2, 0.25) is 0 Å². The normalized spacial score (nSPS) is 36.3. The molecule has 1 spiro atoms. The molecule has 0 radical (unpaired) electrons. The van der Waals surface area contributed by atoms with Crippen LogP contribution in [0.1, 0.15) is 4.88 Å². The van der Waals surface area contributed by atoms with Crippen molar-refractivity contribution in [3.63, 3.8) is 0 Å². The molecule has 2 saturated heterocycles. The first kappa shape index (κ1) is 13.0. The lowest BCUT2D eigenvalue weighted by Gasteiger charge is -2.22. The summed E-state index contributed by atoms with van der Waals surface area (Å²) in [4.78, 5) is 27.7. The number of hydrogen-bond acceptors (Lipinski definition) is 5. The lowest BCUT2D eigenvalue weighted by atomic mass is 9.77. The Morgan fingerprint density at radius 1 is 1.62 bits per heavy atom. The molecule has 3 aliphatic heterocycles. The zero-order valence-electron chi connectivity index (χ0n) is 11.5. The zero-order valence-corrected chi connectivity index (χ0v) is 12.3. The molecule has 1 aromatic rings. The van der Waals surface area contributed by atoms with Gasteiger partial charge in [0.2, 0.25) is 5.91 Å². The molecule has 1 amide bonds. The standard InChI is InChI=1S/C15H15NO4S/c1-19-14(18)11-10-4-5-15(20-10)8-16(13(17)12(11)15)7-9-3-2-6-21-9/h2-6,10-12H,7-8H2,1H3/t10-,11+,12-,15+/m1/s1. The van der Waals surface area contributed by atoms with E-state index < -0.39 is 17.4 Å². The summed E-state index contributed by atoms with van der Waals surface area (Å²) in [5.41, 5.74) is -0.641. The fourth-order valence-corrected chi connectivity index (χ4v) is 4.43. The average molecular weight is 305 g/mol. The van der Waals surface area contributed by atoms with E-state index in [9.17, 15) is 9.59 Å². The predicted molar refractivity (Wildman–Crippen MR) is 75.5 cm³/mol. The van der Waals surface area contributed by atoms with Gasteiger partial charge in [-0.15, -0.1) is 11.3 Å². The number of carbonyl (C=O) groups excluding carboxylic acids is 2. The highest BCUT2D eigenvalue weighted by atomic mass is 32.1. The van der Waals surface area contributed by atoms with Crippen LogP contribution in [0.5, 0.6) is 0 Å². The highest BCUT2D eigenvalue weighted by molar-refractivity contribution is 7.09. The number of amides is 1. The largest absolute Gasteiger partial charge is 0.469 e. The van der Waals surface area contributed by atoms with Gasteiger partial charge in [-0.25, -0.2) is 0 Å². The molecule has 2 fully saturated rings. The highest BCUT2D eigenvalue weighted by Gasteiger charge is 2.67. The van der Waals surface area contributed by atoms with Gasteiger partial charge in [0.1, 0.15) is 11.5 Å². The molecule has 6 heteroatoms. The third-order valence-corrected chi connectivity index (χ3v) is 5.44. The fourth-order valence-electron chi connectivity index (χ4n) is 3.71.